The maximum Gasteiger partial charge on any atom is 0.261 e. The van der Waals surface area contributed by atoms with Crippen molar-refractivity contribution in [2.75, 3.05) is 0 Å². The highest BCUT2D eigenvalue weighted by Gasteiger charge is 2.31. The number of amides is 2. The van der Waals surface area contributed by atoms with Gasteiger partial charge in [0, 0.05) is 27.6 Å². The summed E-state index contributed by atoms with van der Waals surface area (Å²) < 4.78 is 5.83. The number of carbonyl (C=O) groups excluding carboxylic acids is 2. The number of azide groups is 1. The molecule has 0 aliphatic carbocycles. The number of carbonyl (C=O) groups is 2. The van der Waals surface area contributed by atoms with Gasteiger partial charge in [-0.3, -0.25) is 14.9 Å². The van der Waals surface area contributed by atoms with Crippen molar-refractivity contribution in [3.8, 4) is 5.75 Å². The standard InChI is InChI=1S/C19H13N5O3/c20-24-23-17-16(18(25)22-19(17)26)14-9-21-15-7-6-12(8-13(14)15)27-10-11-4-2-1-3-5-11/h1-9,21H,10H2,(H,22,25,26). The molecule has 2 N–H and O–H groups in total. The molecule has 1 aliphatic heterocycles. The Balaban J connectivity index is 1.73. The topological polar surface area (TPSA) is 120 Å². The van der Waals surface area contributed by atoms with Crippen LogP contribution in [0.5, 0.6) is 5.75 Å². The molecule has 3 aromatic rings. The molecule has 4 rings (SSSR count). The SMILES string of the molecule is [N-]=[N+]=NC1=C(c2c[nH]c3ccc(OCc4ccccc4)cc23)C(=O)NC1=O. The highest BCUT2D eigenvalue weighted by atomic mass is 16.5. The Kier molecular flexibility index (Phi) is 4.08. The number of H-pyrrole nitrogens is 1. The van der Waals surface area contributed by atoms with E-state index in [2.05, 4.69) is 20.3 Å². The summed E-state index contributed by atoms with van der Waals surface area (Å²) in [6, 6.07) is 15.1. The van der Waals surface area contributed by atoms with Gasteiger partial charge in [0.1, 0.15) is 18.1 Å². The van der Waals surface area contributed by atoms with Gasteiger partial charge in [0.2, 0.25) is 0 Å². The summed E-state index contributed by atoms with van der Waals surface area (Å²) in [5.74, 6) is -0.694. The van der Waals surface area contributed by atoms with Crippen LogP contribution in [0.2, 0.25) is 0 Å². The summed E-state index contributed by atoms with van der Waals surface area (Å²) in [6.07, 6.45) is 1.60. The molecule has 1 aromatic heterocycles. The van der Waals surface area contributed by atoms with Crippen LogP contribution in [-0.2, 0) is 16.2 Å². The smallest absolute Gasteiger partial charge is 0.261 e. The van der Waals surface area contributed by atoms with E-state index >= 15 is 0 Å². The first kappa shape index (κ1) is 16.4. The summed E-state index contributed by atoms with van der Waals surface area (Å²) in [4.78, 5) is 29.7. The Morgan fingerprint density at radius 2 is 1.89 bits per heavy atom. The van der Waals surface area contributed by atoms with Gasteiger partial charge in [-0.1, -0.05) is 35.4 Å². The lowest BCUT2D eigenvalue weighted by Crippen LogP contribution is -2.22. The fourth-order valence-electron chi connectivity index (χ4n) is 2.97. The fraction of sp³-hybridized carbons (Fsp3) is 0.0526. The number of aromatic nitrogens is 1. The van der Waals surface area contributed by atoms with Gasteiger partial charge in [-0.2, -0.15) is 0 Å². The van der Waals surface area contributed by atoms with Crippen molar-refractivity contribution in [2.45, 2.75) is 6.61 Å². The molecule has 0 saturated carbocycles. The maximum atomic E-state index is 12.2. The summed E-state index contributed by atoms with van der Waals surface area (Å²) in [7, 11) is 0. The quantitative estimate of drug-likeness (QED) is 0.314. The zero-order valence-electron chi connectivity index (χ0n) is 14.0. The molecule has 0 radical (unpaired) electrons. The minimum atomic E-state index is -0.710. The lowest BCUT2D eigenvalue weighted by Gasteiger charge is -2.07. The molecule has 0 bridgehead atoms. The molecular weight excluding hydrogens is 346 g/mol. The van der Waals surface area contributed by atoms with Gasteiger partial charge in [0.05, 0.1) is 5.57 Å². The van der Waals surface area contributed by atoms with Crippen molar-refractivity contribution in [2.24, 2.45) is 5.11 Å². The largest absolute Gasteiger partial charge is 0.489 e. The Labute approximate surface area is 153 Å². The number of benzene rings is 2. The Morgan fingerprint density at radius 3 is 2.67 bits per heavy atom. The fourth-order valence-corrected chi connectivity index (χ4v) is 2.97. The number of rotatable bonds is 5. The molecule has 0 saturated heterocycles. The Hall–Kier alpha value is -4.03. The lowest BCUT2D eigenvalue weighted by atomic mass is 10.0. The van der Waals surface area contributed by atoms with Crippen molar-refractivity contribution in [3.05, 3.63) is 82.0 Å². The molecule has 0 spiro atoms. The molecule has 2 aromatic carbocycles. The van der Waals surface area contributed by atoms with E-state index in [1.807, 2.05) is 42.5 Å². The zero-order chi connectivity index (χ0) is 18.8. The van der Waals surface area contributed by atoms with E-state index in [4.69, 9.17) is 10.3 Å². The highest BCUT2D eigenvalue weighted by Crippen LogP contribution is 2.33. The third-order valence-electron chi connectivity index (χ3n) is 4.22. The van der Waals surface area contributed by atoms with Crippen molar-refractivity contribution in [1.29, 1.82) is 0 Å². The number of nitrogens with zero attached hydrogens (tertiary/aromatic N) is 3. The van der Waals surface area contributed by atoms with Crippen LogP contribution in [0, 0.1) is 0 Å². The minimum absolute atomic E-state index is 0.0456. The van der Waals surface area contributed by atoms with Gasteiger partial charge < -0.3 is 9.72 Å². The van der Waals surface area contributed by atoms with Crippen molar-refractivity contribution < 1.29 is 14.3 Å². The summed E-state index contributed by atoms with van der Waals surface area (Å²) in [5.41, 5.74) is 10.8. The molecular formula is C19H13N5O3. The lowest BCUT2D eigenvalue weighted by molar-refractivity contribution is -0.123. The molecule has 0 unspecified atom stereocenters. The molecule has 27 heavy (non-hydrogen) atoms. The molecule has 1 aliphatic rings. The second-order valence-electron chi connectivity index (χ2n) is 5.88. The van der Waals surface area contributed by atoms with Crippen molar-refractivity contribution in [3.63, 3.8) is 0 Å². The normalized spacial score (nSPS) is 13.6. The number of nitrogens with one attached hydrogen (secondary N) is 2. The van der Waals surface area contributed by atoms with Crippen LogP contribution in [0.3, 0.4) is 0 Å². The molecule has 0 atom stereocenters. The van der Waals surface area contributed by atoms with Gasteiger partial charge >= 0.3 is 0 Å². The van der Waals surface area contributed by atoms with Crippen LogP contribution in [0.15, 0.2) is 65.5 Å². The third-order valence-corrected chi connectivity index (χ3v) is 4.22. The Bertz CT molecular complexity index is 1140. The average Bonchev–Trinajstić information content (AvgIpc) is 3.21. The van der Waals surface area contributed by atoms with Crippen molar-refractivity contribution >= 4 is 28.3 Å². The number of ether oxygens (including phenoxy) is 1. The molecule has 8 nitrogen and oxygen atoms in total. The second-order valence-corrected chi connectivity index (χ2v) is 5.88. The third kappa shape index (κ3) is 3.01. The molecule has 8 heteroatoms. The number of hydrogen-bond donors (Lipinski definition) is 2. The molecule has 0 fully saturated rings. The monoisotopic (exact) mass is 359 g/mol. The number of fused-ring (bicyclic) bond motifs is 1. The predicted molar refractivity (Wildman–Crippen MR) is 98.3 cm³/mol. The van der Waals surface area contributed by atoms with Gasteiger partial charge in [0.15, 0.2) is 0 Å². The highest BCUT2D eigenvalue weighted by molar-refractivity contribution is 6.37. The van der Waals surface area contributed by atoms with Crippen LogP contribution in [0.4, 0.5) is 0 Å². The first-order valence-corrected chi connectivity index (χ1v) is 8.10. The predicted octanol–water partition coefficient (Wildman–Crippen LogP) is 3.42. The van der Waals surface area contributed by atoms with Gasteiger partial charge in [-0.15, -0.1) is 0 Å². The number of hydrogen-bond acceptors (Lipinski definition) is 4. The Morgan fingerprint density at radius 1 is 1.07 bits per heavy atom. The van der Waals surface area contributed by atoms with E-state index in [0.29, 0.717) is 23.3 Å². The first-order chi connectivity index (χ1) is 13.2. The molecule has 2 amide bonds. The molecule has 2 heterocycles. The van der Waals surface area contributed by atoms with Gasteiger partial charge in [-0.05, 0) is 29.3 Å². The van der Waals surface area contributed by atoms with Crippen LogP contribution in [0.25, 0.3) is 26.9 Å². The van der Waals surface area contributed by atoms with E-state index in [0.717, 1.165) is 11.1 Å². The zero-order valence-corrected chi connectivity index (χ0v) is 14.0. The van der Waals surface area contributed by atoms with Gasteiger partial charge in [-0.25, -0.2) is 0 Å². The minimum Gasteiger partial charge on any atom is -0.489 e. The van der Waals surface area contributed by atoms with E-state index in [1.165, 1.54) is 0 Å². The maximum absolute atomic E-state index is 12.2. The average molecular weight is 359 g/mol. The summed E-state index contributed by atoms with van der Waals surface area (Å²) >= 11 is 0. The summed E-state index contributed by atoms with van der Waals surface area (Å²) in [5, 5.41) is 6.22. The van der Waals surface area contributed by atoms with Gasteiger partial charge in [0.25, 0.3) is 11.8 Å². The summed E-state index contributed by atoms with van der Waals surface area (Å²) in [6.45, 7) is 0.401. The van der Waals surface area contributed by atoms with E-state index in [1.54, 1.807) is 12.3 Å². The van der Waals surface area contributed by atoms with Crippen LogP contribution in [0.1, 0.15) is 11.1 Å². The number of aromatic amines is 1. The van der Waals surface area contributed by atoms with E-state index < -0.39 is 11.8 Å². The van der Waals surface area contributed by atoms with Crippen LogP contribution >= 0.6 is 0 Å². The van der Waals surface area contributed by atoms with Crippen molar-refractivity contribution in [1.82, 2.24) is 10.3 Å². The van der Waals surface area contributed by atoms with Crippen LogP contribution < -0.4 is 10.1 Å². The first-order valence-electron chi connectivity index (χ1n) is 8.10. The number of imide groups is 1. The van der Waals surface area contributed by atoms with E-state index in [9.17, 15) is 9.59 Å². The van der Waals surface area contributed by atoms with Crippen LogP contribution in [-0.4, -0.2) is 16.8 Å². The van der Waals surface area contributed by atoms with E-state index in [-0.39, 0.29) is 11.3 Å². The second kappa shape index (κ2) is 6.70. The molecule has 132 valence electrons.